The number of hydrogen-bond acceptors (Lipinski definition) is 4. The minimum absolute atomic E-state index is 0.0460. The molecule has 7 heteroatoms. The van der Waals surface area contributed by atoms with Gasteiger partial charge in [-0.3, -0.25) is 10.1 Å². The Kier molecular flexibility index (Phi) is 4.62. The Hall–Kier alpha value is -2.25. The normalized spacial score (nSPS) is 17.3. The third-order valence-electron chi connectivity index (χ3n) is 4.83. The fourth-order valence-corrected chi connectivity index (χ4v) is 4.77. The van der Waals surface area contributed by atoms with Gasteiger partial charge in [0, 0.05) is 24.7 Å². The van der Waals surface area contributed by atoms with Crippen LogP contribution >= 0.6 is 0 Å². The number of nitro groups is 1. The molecular weight excluding hydrogens is 340 g/mol. The van der Waals surface area contributed by atoms with E-state index < -0.39 is 14.9 Å². The van der Waals surface area contributed by atoms with Crippen molar-refractivity contribution in [2.24, 2.45) is 0 Å². The Bertz CT molecular complexity index is 924. The first kappa shape index (κ1) is 17.6. The summed E-state index contributed by atoms with van der Waals surface area (Å²) in [6, 6.07) is 11.7. The molecule has 0 radical (unpaired) electrons. The van der Waals surface area contributed by atoms with Gasteiger partial charge in [-0.05, 0) is 43.4 Å². The van der Waals surface area contributed by atoms with E-state index in [1.807, 2.05) is 24.3 Å². The van der Waals surface area contributed by atoms with E-state index in [4.69, 9.17) is 0 Å². The maximum Gasteiger partial charge on any atom is 0.273 e. The molecule has 2 aromatic rings. The summed E-state index contributed by atoms with van der Waals surface area (Å²) >= 11 is 0. The van der Waals surface area contributed by atoms with Crippen LogP contribution in [0.3, 0.4) is 0 Å². The summed E-state index contributed by atoms with van der Waals surface area (Å²) in [5.41, 5.74) is 2.44. The van der Waals surface area contributed by atoms with Gasteiger partial charge in [-0.25, -0.2) is 8.42 Å². The van der Waals surface area contributed by atoms with Crippen LogP contribution in [0.2, 0.25) is 0 Å². The molecule has 0 bridgehead atoms. The van der Waals surface area contributed by atoms with E-state index in [-0.39, 0.29) is 16.6 Å². The number of aryl methyl sites for hydroxylation is 2. The smallest absolute Gasteiger partial charge is 0.258 e. The lowest BCUT2D eigenvalue weighted by molar-refractivity contribution is -0.385. The Morgan fingerprint density at radius 3 is 2.64 bits per heavy atom. The SMILES string of the molecule is Cc1ccc(S(=O)(=O)N(C)C2CCCc3ccccc32)cc1[N+](=O)[O-]. The third-order valence-corrected chi connectivity index (χ3v) is 6.69. The fourth-order valence-electron chi connectivity index (χ4n) is 3.39. The van der Waals surface area contributed by atoms with E-state index >= 15 is 0 Å². The molecule has 1 aliphatic carbocycles. The molecule has 1 aliphatic rings. The van der Waals surface area contributed by atoms with E-state index in [2.05, 4.69) is 0 Å². The van der Waals surface area contributed by atoms with Crippen molar-refractivity contribution >= 4 is 15.7 Å². The highest BCUT2D eigenvalue weighted by atomic mass is 32.2. The topological polar surface area (TPSA) is 80.5 Å². The molecule has 1 unspecified atom stereocenters. The van der Waals surface area contributed by atoms with Crippen molar-refractivity contribution in [3.05, 3.63) is 69.3 Å². The van der Waals surface area contributed by atoms with Gasteiger partial charge in [-0.2, -0.15) is 4.31 Å². The summed E-state index contributed by atoms with van der Waals surface area (Å²) in [4.78, 5) is 10.5. The van der Waals surface area contributed by atoms with Gasteiger partial charge >= 0.3 is 0 Å². The van der Waals surface area contributed by atoms with Gasteiger partial charge in [0.1, 0.15) is 0 Å². The second-order valence-corrected chi connectivity index (χ2v) is 8.33. The highest BCUT2D eigenvalue weighted by Crippen LogP contribution is 2.36. The monoisotopic (exact) mass is 360 g/mol. The first-order valence-corrected chi connectivity index (χ1v) is 9.57. The lowest BCUT2D eigenvalue weighted by atomic mass is 9.88. The zero-order valence-electron chi connectivity index (χ0n) is 14.2. The summed E-state index contributed by atoms with van der Waals surface area (Å²) in [5.74, 6) is 0. The fraction of sp³-hybridized carbons (Fsp3) is 0.333. The highest BCUT2D eigenvalue weighted by molar-refractivity contribution is 7.89. The van der Waals surface area contributed by atoms with Crippen LogP contribution in [0.25, 0.3) is 0 Å². The van der Waals surface area contributed by atoms with Crippen molar-refractivity contribution in [2.45, 2.75) is 37.1 Å². The Labute approximate surface area is 147 Å². The number of nitrogens with zero attached hydrogens (tertiary/aromatic N) is 2. The second kappa shape index (κ2) is 6.57. The number of benzene rings is 2. The first-order valence-electron chi connectivity index (χ1n) is 8.13. The average molecular weight is 360 g/mol. The molecule has 3 rings (SSSR count). The third kappa shape index (κ3) is 3.17. The lowest BCUT2D eigenvalue weighted by Crippen LogP contribution is -2.33. The number of rotatable bonds is 4. The predicted molar refractivity (Wildman–Crippen MR) is 94.9 cm³/mol. The molecule has 6 nitrogen and oxygen atoms in total. The average Bonchev–Trinajstić information content (AvgIpc) is 2.60. The molecule has 1 atom stereocenters. The summed E-state index contributed by atoms with van der Waals surface area (Å²) in [5, 5.41) is 11.1. The van der Waals surface area contributed by atoms with Gasteiger partial charge in [0.15, 0.2) is 0 Å². The van der Waals surface area contributed by atoms with Crippen LogP contribution in [0.5, 0.6) is 0 Å². The van der Waals surface area contributed by atoms with Crippen LogP contribution < -0.4 is 0 Å². The summed E-state index contributed by atoms with van der Waals surface area (Å²) in [7, 11) is -2.28. The molecule has 0 aromatic heterocycles. The van der Waals surface area contributed by atoms with Crippen molar-refractivity contribution in [3.63, 3.8) is 0 Å². The maximum absolute atomic E-state index is 13.0. The molecule has 0 saturated carbocycles. The Morgan fingerprint density at radius 1 is 1.20 bits per heavy atom. The number of fused-ring (bicyclic) bond motifs is 1. The van der Waals surface area contributed by atoms with Gasteiger partial charge < -0.3 is 0 Å². The maximum atomic E-state index is 13.0. The quantitative estimate of drug-likeness (QED) is 0.616. The minimum atomic E-state index is -3.83. The molecule has 0 N–H and O–H groups in total. The van der Waals surface area contributed by atoms with Gasteiger partial charge in [0.05, 0.1) is 9.82 Å². The summed E-state index contributed by atoms with van der Waals surface area (Å²) < 4.78 is 27.4. The van der Waals surface area contributed by atoms with Gasteiger partial charge in [-0.15, -0.1) is 0 Å². The van der Waals surface area contributed by atoms with Crippen molar-refractivity contribution in [2.75, 3.05) is 7.05 Å². The van der Waals surface area contributed by atoms with Crippen molar-refractivity contribution < 1.29 is 13.3 Å². The highest BCUT2D eigenvalue weighted by Gasteiger charge is 2.32. The summed E-state index contributed by atoms with van der Waals surface area (Å²) in [6.45, 7) is 1.59. The number of nitro benzene ring substituents is 1. The van der Waals surface area contributed by atoms with Gasteiger partial charge in [-0.1, -0.05) is 30.3 Å². The minimum Gasteiger partial charge on any atom is -0.258 e. The molecule has 2 aromatic carbocycles. The predicted octanol–water partition coefficient (Wildman–Crippen LogP) is 3.60. The van der Waals surface area contributed by atoms with Crippen molar-refractivity contribution in [1.82, 2.24) is 4.31 Å². The van der Waals surface area contributed by atoms with Crippen LogP contribution in [-0.2, 0) is 16.4 Å². The zero-order chi connectivity index (χ0) is 18.2. The van der Waals surface area contributed by atoms with E-state index in [1.165, 1.54) is 16.4 Å². The molecule has 0 aliphatic heterocycles. The van der Waals surface area contributed by atoms with Gasteiger partial charge in [0.2, 0.25) is 10.0 Å². The number of hydrogen-bond donors (Lipinski definition) is 0. The first-order chi connectivity index (χ1) is 11.8. The number of sulfonamides is 1. The van der Waals surface area contributed by atoms with Crippen LogP contribution in [0.4, 0.5) is 5.69 Å². The molecule has 0 saturated heterocycles. The van der Waals surface area contributed by atoms with Crippen molar-refractivity contribution in [3.8, 4) is 0 Å². The molecule has 0 spiro atoms. The standard InChI is InChI=1S/C18H20N2O4S/c1-13-10-11-15(12-18(13)20(21)22)25(23,24)19(2)17-9-5-7-14-6-3-4-8-16(14)17/h3-4,6,8,10-12,17H,5,7,9H2,1-2H3. The molecule has 0 fully saturated rings. The van der Waals surface area contributed by atoms with Crippen LogP contribution in [0.1, 0.15) is 35.6 Å². The van der Waals surface area contributed by atoms with E-state index in [1.54, 1.807) is 14.0 Å². The zero-order valence-corrected chi connectivity index (χ0v) is 15.0. The van der Waals surface area contributed by atoms with Crippen LogP contribution in [0, 0.1) is 17.0 Å². The second-order valence-electron chi connectivity index (χ2n) is 6.33. The van der Waals surface area contributed by atoms with E-state index in [0.29, 0.717) is 5.56 Å². The summed E-state index contributed by atoms with van der Waals surface area (Å²) in [6.07, 6.45) is 2.59. The Balaban J connectivity index is 2.01. The van der Waals surface area contributed by atoms with Gasteiger partial charge in [0.25, 0.3) is 5.69 Å². The van der Waals surface area contributed by atoms with Crippen molar-refractivity contribution in [1.29, 1.82) is 0 Å². The molecule has 0 amide bonds. The molecule has 25 heavy (non-hydrogen) atoms. The molecule has 132 valence electrons. The molecule has 0 heterocycles. The van der Waals surface area contributed by atoms with Crippen LogP contribution in [0.15, 0.2) is 47.4 Å². The molecular formula is C18H20N2O4S. The van der Waals surface area contributed by atoms with Crippen LogP contribution in [-0.4, -0.2) is 24.7 Å². The largest absolute Gasteiger partial charge is 0.273 e. The van der Waals surface area contributed by atoms with E-state index in [9.17, 15) is 18.5 Å². The Morgan fingerprint density at radius 2 is 1.92 bits per heavy atom. The van der Waals surface area contributed by atoms with E-state index in [0.717, 1.165) is 36.5 Å². The lowest BCUT2D eigenvalue weighted by Gasteiger charge is -2.32.